The van der Waals surface area contributed by atoms with Gasteiger partial charge < -0.3 is 9.47 Å². The number of rotatable bonds is 6. The van der Waals surface area contributed by atoms with Crippen LogP contribution in [0.3, 0.4) is 0 Å². The number of benzene rings is 3. The van der Waals surface area contributed by atoms with Crippen LogP contribution in [0, 0.1) is 11.3 Å². The van der Waals surface area contributed by atoms with Crippen molar-refractivity contribution in [1.29, 1.82) is 5.26 Å². The van der Waals surface area contributed by atoms with E-state index in [1.807, 2.05) is 0 Å². The fourth-order valence-corrected chi connectivity index (χ4v) is 3.34. The van der Waals surface area contributed by atoms with Gasteiger partial charge in [-0.1, -0.05) is 30.3 Å². The molecule has 0 bridgehead atoms. The molecule has 0 spiro atoms. The molecule has 168 valence electrons. The van der Waals surface area contributed by atoms with Crippen LogP contribution >= 0.6 is 0 Å². The Morgan fingerprint density at radius 1 is 1.03 bits per heavy atom. The maximum atomic E-state index is 13.1. The quantitative estimate of drug-likeness (QED) is 0.317. The molecule has 0 saturated heterocycles. The average Bonchev–Trinajstić information content (AvgIpc) is 2.82. The van der Waals surface area contributed by atoms with Crippen LogP contribution in [0.2, 0.25) is 0 Å². The van der Waals surface area contributed by atoms with E-state index in [1.165, 1.54) is 25.3 Å². The number of nitriles is 1. The molecule has 0 fully saturated rings. The first-order valence-electron chi connectivity index (χ1n) is 10.0. The zero-order valence-corrected chi connectivity index (χ0v) is 17.9. The van der Waals surface area contributed by atoms with E-state index in [1.54, 1.807) is 49.4 Å². The van der Waals surface area contributed by atoms with Gasteiger partial charge in [-0.05, 0) is 71.1 Å². The Bertz CT molecular complexity index is 1240. The second kappa shape index (κ2) is 10.0. The van der Waals surface area contributed by atoms with Gasteiger partial charge in [0, 0.05) is 6.08 Å². The highest BCUT2D eigenvalue weighted by atomic mass is 19.4. The molecule has 33 heavy (non-hydrogen) atoms. The first-order chi connectivity index (χ1) is 15.8. The van der Waals surface area contributed by atoms with Crippen molar-refractivity contribution in [2.75, 3.05) is 13.7 Å². The van der Waals surface area contributed by atoms with Gasteiger partial charge in [0.2, 0.25) is 0 Å². The van der Waals surface area contributed by atoms with Crippen molar-refractivity contribution in [3.8, 4) is 34.1 Å². The number of hydrogen-bond acceptors (Lipinski definition) is 4. The second-order valence-corrected chi connectivity index (χ2v) is 6.99. The number of halogens is 3. The third-order valence-corrected chi connectivity index (χ3v) is 4.90. The maximum Gasteiger partial charge on any atom is 0.416 e. The summed E-state index contributed by atoms with van der Waals surface area (Å²) in [5.41, 5.74) is 2.15. The highest BCUT2D eigenvalue weighted by Crippen LogP contribution is 2.35. The van der Waals surface area contributed by atoms with Gasteiger partial charge in [-0.25, -0.2) is 4.79 Å². The molecular formula is C26H20F3NO3. The Kier molecular flexibility index (Phi) is 7.19. The Morgan fingerprint density at radius 3 is 2.42 bits per heavy atom. The minimum atomic E-state index is -4.48. The third kappa shape index (κ3) is 5.60. The van der Waals surface area contributed by atoms with Crippen molar-refractivity contribution < 1.29 is 27.4 Å². The van der Waals surface area contributed by atoms with Crippen molar-refractivity contribution in [3.05, 3.63) is 83.4 Å². The average molecular weight is 451 g/mol. The van der Waals surface area contributed by atoms with E-state index in [4.69, 9.17) is 9.47 Å². The normalized spacial score (nSPS) is 11.3. The number of alkyl halides is 3. The summed E-state index contributed by atoms with van der Waals surface area (Å²) in [6, 6.07) is 17.1. The lowest BCUT2D eigenvalue weighted by atomic mass is 9.92. The smallest absolute Gasteiger partial charge is 0.416 e. The molecule has 0 aliphatic rings. The lowest BCUT2D eigenvalue weighted by Gasteiger charge is -2.13. The summed E-state index contributed by atoms with van der Waals surface area (Å²) in [6.45, 7) is 1.95. The fourth-order valence-electron chi connectivity index (χ4n) is 3.34. The van der Waals surface area contributed by atoms with Gasteiger partial charge in [0.15, 0.2) is 0 Å². The predicted octanol–water partition coefficient (Wildman–Crippen LogP) is 6.50. The number of ether oxygens (including phenoxy) is 2. The molecule has 0 aliphatic heterocycles. The van der Waals surface area contributed by atoms with Crippen LogP contribution in [0.4, 0.5) is 13.2 Å². The summed E-state index contributed by atoms with van der Waals surface area (Å²) in [5.74, 6) is 0.0761. The Labute approximate surface area is 189 Å². The van der Waals surface area contributed by atoms with Crippen molar-refractivity contribution in [2.24, 2.45) is 0 Å². The SMILES string of the molecule is CCOC(=O)/C=C/c1cc(OC)ccc1-c1ccc(-c2cccc(C(F)(F)F)c2)c(C#N)c1. The topological polar surface area (TPSA) is 59.3 Å². The Morgan fingerprint density at radius 2 is 1.76 bits per heavy atom. The lowest BCUT2D eigenvalue weighted by Crippen LogP contribution is -2.04. The summed E-state index contributed by atoms with van der Waals surface area (Å²) in [7, 11) is 1.52. The van der Waals surface area contributed by atoms with E-state index in [-0.39, 0.29) is 12.2 Å². The highest BCUT2D eigenvalue weighted by molar-refractivity contribution is 5.90. The molecule has 7 heteroatoms. The maximum absolute atomic E-state index is 13.1. The first kappa shape index (κ1) is 23.6. The molecule has 0 heterocycles. The first-order valence-corrected chi connectivity index (χ1v) is 10.0. The van der Waals surface area contributed by atoms with E-state index in [0.717, 1.165) is 12.1 Å². The van der Waals surface area contributed by atoms with Crippen LogP contribution in [0.15, 0.2) is 66.7 Å². The van der Waals surface area contributed by atoms with E-state index in [2.05, 4.69) is 6.07 Å². The van der Waals surface area contributed by atoms with Gasteiger partial charge in [0.1, 0.15) is 5.75 Å². The molecule has 0 unspecified atom stereocenters. The summed E-state index contributed by atoms with van der Waals surface area (Å²) in [6.07, 6.45) is -1.60. The van der Waals surface area contributed by atoms with Crippen LogP contribution in [-0.2, 0) is 15.7 Å². The molecule has 0 radical (unpaired) electrons. The lowest BCUT2D eigenvalue weighted by molar-refractivity contribution is -0.138. The summed E-state index contributed by atoms with van der Waals surface area (Å²) in [5, 5.41) is 9.70. The Hall–Kier alpha value is -4.05. The third-order valence-electron chi connectivity index (χ3n) is 4.90. The van der Waals surface area contributed by atoms with Crippen LogP contribution in [0.25, 0.3) is 28.3 Å². The van der Waals surface area contributed by atoms with Crippen LogP contribution in [-0.4, -0.2) is 19.7 Å². The molecular weight excluding hydrogens is 431 g/mol. The number of methoxy groups -OCH3 is 1. The number of carbonyl (C=O) groups excluding carboxylic acids is 1. The van der Waals surface area contributed by atoms with Gasteiger partial charge in [0.25, 0.3) is 0 Å². The van der Waals surface area contributed by atoms with E-state index < -0.39 is 17.7 Å². The van der Waals surface area contributed by atoms with Crippen LogP contribution in [0.1, 0.15) is 23.6 Å². The largest absolute Gasteiger partial charge is 0.497 e. The van der Waals surface area contributed by atoms with Gasteiger partial charge in [-0.15, -0.1) is 0 Å². The zero-order chi connectivity index (χ0) is 24.0. The van der Waals surface area contributed by atoms with Crippen molar-refractivity contribution in [1.82, 2.24) is 0 Å². The second-order valence-electron chi connectivity index (χ2n) is 6.99. The molecule has 0 aliphatic carbocycles. The predicted molar refractivity (Wildman–Crippen MR) is 119 cm³/mol. The van der Waals surface area contributed by atoms with E-state index in [0.29, 0.717) is 33.6 Å². The molecule has 0 N–H and O–H groups in total. The van der Waals surface area contributed by atoms with Gasteiger partial charge in [-0.3, -0.25) is 0 Å². The molecule has 0 saturated carbocycles. The van der Waals surface area contributed by atoms with Crippen molar-refractivity contribution >= 4 is 12.0 Å². The van der Waals surface area contributed by atoms with Crippen molar-refractivity contribution in [3.63, 3.8) is 0 Å². The zero-order valence-electron chi connectivity index (χ0n) is 17.9. The van der Waals surface area contributed by atoms with Crippen molar-refractivity contribution in [2.45, 2.75) is 13.1 Å². The monoisotopic (exact) mass is 451 g/mol. The van der Waals surface area contributed by atoms with Gasteiger partial charge >= 0.3 is 12.1 Å². The van der Waals surface area contributed by atoms with Gasteiger partial charge in [-0.2, -0.15) is 18.4 Å². The molecule has 3 aromatic carbocycles. The number of nitrogens with zero attached hydrogens (tertiary/aromatic N) is 1. The Balaban J connectivity index is 2.07. The standard InChI is InChI=1S/C26H20F3NO3/c1-3-33-25(31)12-8-19-15-22(32-2)9-11-23(19)18-7-10-24(20(13-18)16-30)17-5-4-6-21(14-17)26(27,28)29/h4-15H,3H2,1-2H3/b12-8+. The van der Waals surface area contributed by atoms with E-state index in [9.17, 15) is 23.2 Å². The van der Waals surface area contributed by atoms with Crippen LogP contribution < -0.4 is 4.74 Å². The van der Waals surface area contributed by atoms with Gasteiger partial charge in [0.05, 0.1) is 30.9 Å². The molecule has 0 atom stereocenters. The minimum Gasteiger partial charge on any atom is -0.497 e. The number of hydrogen-bond donors (Lipinski definition) is 0. The fraction of sp³-hybridized carbons (Fsp3) is 0.154. The highest BCUT2D eigenvalue weighted by Gasteiger charge is 2.30. The van der Waals surface area contributed by atoms with E-state index >= 15 is 0 Å². The number of carbonyl (C=O) groups is 1. The summed E-state index contributed by atoms with van der Waals surface area (Å²) in [4.78, 5) is 11.8. The molecule has 4 nitrogen and oxygen atoms in total. The van der Waals surface area contributed by atoms with Crippen LogP contribution in [0.5, 0.6) is 5.75 Å². The summed E-state index contributed by atoms with van der Waals surface area (Å²) < 4.78 is 49.5. The number of esters is 1. The molecule has 3 aromatic rings. The molecule has 0 aromatic heterocycles. The summed E-state index contributed by atoms with van der Waals surface area (Å²) >= 11 is 0. The molecule has 0 amide bonds. The minimum absolute atomic E-state index is 0.225. The molecule has 3 rings (SSSR count).